The lowest BCUT2D eigenvalue weighted by Gasteiger charge is -2.20. The maximum Gasteiger partial charge on any atom is 0.220 e. The molecule has 1 amide bonds. The Bertz CT molecular complexity index is 1040. The molecule has 0 aliphatic rings. The molecule has 0 radical (unpaired) electrons. The second-order valence-electron chi connectivity index (χ2n) is 24.3. The molecule has 0 heterocycles. The molecule has 0 bridgehead atoms. The second kappa shape index (κ2) is 66.4. The van der Waals surface area contributed by atoms with Gasteiger partial charge in [-0.1, -0.05) is 398 Å². The minimum atomic E-state index is -0.837. The zero-order chi connectivity index (χ0) is 53.4. The molecule has 442 valence electrons. The molecular formula is C70H139NO3. The molecule has 0 saturated carbocycles. The number of carbonyl (C=O) groups is 1. The molecule has 0 spiro atoms. The van der Waals surface area contributed by atoms with E-state index in [1.807, 2.05) is 6.08 Å². The van der Waals surface area contributed by atoms with Crippen LogP contribution in [0.5, 0.6) is 0 Å². The SMILES string of the molecule is CCCCCCCCCCCCCCCCCCCCCCCCCCC/C=C/C(O)C(CO)NC(=O)CCCCCCCCCCCCCCCCCCCCCCCCCCCCCCCCCCCCC. The number of nitrogens with one attached hydrogen (secondary N) is 1. The smallest absolute Gasteiger partial charge is 0.220 e. The van der Waals surface area contributed by atoms with Crippen LogP contribution in [0.4, 0.5) is 0 Å². The third kappa shape index (κ3) is 62.0. The zero-order valence-electron chi connectivity index (χ0n) is 51.2. The topological polar surface area (TPSA) is 69.6 Å². The van der Waals surface area contributed by atoms with Crippen molar-refractivity contribution in [3.8, 4) is 0 Å². The van der Waals surface area contributed by atoms with Gasteiger partial charge >= 0.3 is 0 Å². The predicted molar refractivity (Wildman–Crippen MR) is 332 cm³/mol. The quantitative estimate of drug-likeness (QED) is 0.0420. The van der Waals surface area contributed by atoms with Gasteiger partial charge in [-0.2, -0.15) is 0 Å². The van der Waals surface area contributed by atoms with E-state index in [-0.39, 0.29) is 12.5 Å². The van der Waals surface area contributed by atoms with Crippen molar-refractivity contribution in [3.63, 3.8) is 0 Å². The molecule has 0 rings (SSSR count). The number of hydrogen-bond acceptors (Lipinski definition) is 3. The first-order valence-electron chi connectivity index (χ1n) is 34.9. The van der Waals surface area contributed by atoms with Gasteiger partial charge in [0.15, 0.2) is 0 Å². The summed E-state index contributed by atoms with van der Waals surface area (Å²) in [5.41, 5.74) is 0. The highest BCUT2D eigenvalue weighted by atomic mass is 16.3. The minimum Gasteiger partial charge on any atom is -0.394 e. The van der Waals surface area contributed by atoms with Crippen LogP contribution in [-0.2, 0) is 4.79 Å². The summed E-state index contributed by atoms with van der Waals surface area (Å²) >= 11 is 0. The van der Waals surface area contributed by atoms with E-state index < -0.39 is 12.1 Å². The van der Waals surface area contributed by atoms with Crippen molar-refractivity contribution in [1.82, 2.24) is 5.32 Å². The first-order chi connectivity index (χ1) is 36.7. The summed E-state index contributed by atoms with van der Waals surface area (Å²) in [5.74, 6) is -0.0530. The Morgan fingerprint density at radius 2 is 0.500 bits per heavy atom. The summed E-state index contributed by atoms with van der Waals surface area (Å²) in [5, 5.41) is 23.3. The van der Waals surface area contributed by atoms with Crippen molar-refractivity contribution in [2.24, 2.45) is 0 Å². The highest BCUT2D eigenvalue weighted by Crippen LogP contribution is 2.20. The number of aliphatic hydroxyl groups is 2. The highest BCUT2D eigenvalue weighted by Gasteiger charge is 2.18. The van der Waals surface area contributed by atoms with E-state index in [1.54, 1.807) is 6.08 Å². The molecule has 0 fully saturated rings. The van der Waals surface area contributed by atoms with E-state index in [9.17, 15) is 15.0 Å². The Morgan fingerprint density at radius 1 is 0.311 bits per heavy atom. The Labute approximate surface area is 467 Å². The van der Waals surface area contributed by atoms with Crippen LogP contribution in [-0.4, -0.2) is 34.9 Å². The van der Waals surface area contributed by atoms with E-state index in [2.05, 4.69) is 19.2 Å². The number of rotatable bonds is 66. The van der Waals surface area contributed by atoms with Gasteiger partial charge in [0.25, 0.3) is 0 Å². The van der Waals surface area contributed by atoms with E-state index in [0.29, 0.717) is 6.42 Å². The molecule has 0 aromatic rings. The van der Waals surface area contributed by atoms with E-state index in [1.165, 1.54) is 366 Å². The standard InChI is InChI=1S/C70H139NO3/c1-3-5-7-9-11-13-15-17-19-21-23-25-27-29-31-32-33-34-35-36-37-38-40-42-44-46-48-50-52-54-56-58-60-62-64-66-70(74)71-68(67-72)69(73)65-63-61-59-57-55-53-51-49-47-45-43-41-39-30-28-26-24-22-20-18-16-14-12-10-8-6-4-2/h63,65,68-69,72-73H,3-62,64,66-67H2,1-2H3,(H,71,74)/b65-63+. The van der Waals surface area contributed by atoms with Crippen molar-refractivity contribution < 1.29 is 15.0 Å². The van der Waals surface area contributed by atoms with Crippen molar-refractivity contribution in [1.29, 1.82) is 0 Å². The summed E-state index contributed by atoms with van der Waals surface area (Å²) in [6.45, 7) is 4.37. The van der Waals surface area contributed by atoms with Gasteiger partial charge < -0.3 is 15.5 Å². The maximum atomic E-state index is 12.5. The van der Waals surface area contributed by atoms with Gasteiger partial charge in [0.1, 0.15) is 0 Å². The van der Waals surface area contributed by atoms with Crippen LogP contribution < -0.4 is 5.32 Å². The lowest BCUT2D eigenvalue weighted by Crippen LogP contribution is -2.45. The first kappa shape index (κ1) is 73.1. The lowest BCUT2D eigenvalue weighted by atomic mass is 10.0. The van der Waals surface area contributed by atoms with Crippen LogP contribution >= 0.6 is 0 Å². The Hall–Kier alpha value is -0.870. The molecule has 74 heavy (non-hydrogen) atoms. The van der Waals surface area contributed by atoms with Crippen molar-refractivity contribution in [2.75, 3.05) is 6.61 Å². The van der Waals surface area contributed by atoms with Crippen molar-refractivity contribution in [3.05, 3.63) is 12.2 Å². The monoisotopic (exact) mass is 1040 g/mol. The van der Waals surface area contributed by atoms with Gasteiger partial charge in [0.05, 0.1) is 18.8 Å². The molecule has 0 saturated heterocycles. The average molecular weight is 1040 g/mol. The molecule has 4 heteroatoms. The largest absolute Gasteiger partial charge is 0.394 e. The van der Waals surface area contributed by atoms with Crippen LogP contribution in [0.1, 0.15) is 412 Å². The van der Waals surface area contributed by atoms with Crippen molar-refractivity contribution in [2.45, 2.75) is 424 Å². The fourth-order valence-corrected chi connectivity index (χ4v) is 11.5. The summed E-state index contributed by atoms with van der Waals surface area (Å²) in [4.78, 5) is 12.5. The zero-order valence-corrected chi connectivity index (χ0v) is 51.2. The summed E-state index contributed by atoms with van der Waals surface area (Å²) in [6.07, 6.45) is 88.8. The Kier molecular flexibility index (Phi) is 65.6. The van der Waals surface area contributed by atoms with E-state index in [0.717, 1.165) is 25.7 Å². The van der Waals surface area contributed by atoms with Gasteiger partial charge in [-0.3, -0.25) is 4.79 Å². The third-order valence-corrected chi connectivity index (χ3v) is 16.8. The van der Waals surface area contributed by atoms with Crippen LogP contribution in [0, 0.1) is 0 Å². The third-order valence-electron chi connectivity index (χ3n) is 16.8. The number of carbonyl (C=O) groups excluding carboxylic acids is 1. The molecular weight excluding hydrogens is 903 g/mol. The lowest BCUT2D eigenvalue weighted by molar-refractivity contribution is -0.123. The number of aliphatic hydroxyl groups excluding tert-OH is 2. The van der Waals surface area contributed by atoms with Crippen LogP contribution in [0.3, 0.4) is 0 Å². The van der Waals surface area contributed by atoms with E-state index >= 15 is 0 Å². The molecule has 0 aromatic carbocycles. The molecule has 2 unspecified atom stereocenters. The average Bonchev–Trinajstić information content (AvgIpc) is 3.40. The molecule has 0 aromatic heterocycles. The summed E-state index contributed by atoms with van der Waals surface area (Å²) in [7, 11) is 0. The maximum absolute atomic E-state index is 12.5. The Balaban J connectivity index is 3.38. The van der Waals surface area contributed by atoms with Gasteiger partial charge in [-0.05, 0) is 19.3 Å². The van der Waals surface area contributed by atoms with Crippen LogP contribution in [0.15, 0.2) is 12.2 Å². The van der Waals surface area contributed by atoms with Gasteiger partial charge in [0.2, 0.25) is 5.91 Å². The fourth-order valence-electron chi connectivity index (χ4n) is 11.5. The van der Waals surface area contributed by atoms with Crippen LogP contribution in [0.25, 0.3) is 0 Å². The summed E-state index contributed by atoms with van der Waals surface area (Å²) < 4.78 is 0. The van der Waals surface area contributed by atoms with Gasteiger partial charge in [0, 0.05) is 6.42 Å². The molecule has 2 atom stereocenters. The van der Waals surface area contributed by atoms with Crippen LogP contribution in [0.2, 0.25) is 0 Å². The molecule has 0 aliphatic carbocycles. The normalized spacial score (nSPS) is 12.6. The number of hydrogen-bond donors (Lipinski definition) is 3. The number of allylic oxidation sites excluding steroid dienone is 1. The first-order valence-corrected chi connectivity index (χ1v) is 34.9. The molecule has 0 aliphatic heterocycles. The van der Waals surface area contributed by atoms with Gasteiger partial charge in [-0.15, -0.1) is 0 Å². The number of unbranched alkanes of at least 4 members (excludes halogenated alkanes) is 59. The van der Waals surface area contributed by atoms with Crippen molar-refractivity contribution >= 4 is 5.91 Å². The second-order valence-corrected chi connectivity index (χ2v) is 24.3. The molecule has 3 N–H and O–H groups in total. The minimum absolute atomic E-state index is 0.0530. The fraction of sp³-hybridized carbons (Fsp3) is 0.957. The Morgan fingerprint density at radius 3 is 0.703 bits per heavy atom. The van der Waals surface area contributed by atoms with Gasteiger partial charge in [-0.25, -0.2) is 0 Å². The highest BCUT2D eigenvalue weighted by molar-refractivity contribution is 5.76. The summed E-state index contributed by atoms with van der Waals surface area (Å²) in [6, 6.07) is -0.620. The number of amides is 1. The van der Waals surface area contributed by atoms with E-state index in [4.69, 9.17) is 0 Å². The molecule has 4 nitrogen and oxygen atoms in total. The predicted octanol–water partition coefficient (Wildman–Crippen LogP) is 23.6.